The van der Waals surface area contributed by atoms with Gasteiger partial charge in [-0.3, -0.25) is 19.5 Å². The van der Waals surface area contributed by atoms with Crippen LogP contribution in [-0.2, 0) is 9.59 Å². The second-order valence-corrected chi connectivity index (χ2v) is 8.78. The average molecular weight is 414 g/mol. The number of anilines is 1. The van der Waals surface area contributed by atoms with Crippen molar-refractivity contribution in [2.75, 3.05) is 11.9 Å². The topological polar surface area (TPSA) is 104 Å². The molecule has 0 aromatic carbocycles. The lowest BCUT2D eigenvalue weighted by molar-refractivity contribution is -0.135. The van der Waals surface area contributed by atoms with Gasteiger partial charge < -0.3 is 10.6 Å². The lowest BCUT2D eigenvalue weighted by Crippen LogP contribution is -2.49. The third kappa shape index (κ3) is 3.74. The zero-order valence-electron chi connectivity index (χ0n) is 16.4. The second kappa shape index (κ2) is 7.55. The molecule has 1 spiro atoms. The molecule has 1 saturated carbocycles. The van der Waals surface area contributed by atoms with Gasteiger partial charge in [-0.2, -0.15) is 0 Å². The van der Waals surface area contributed by atoms with E-state index in [9.17, 15) is 14.4 Å². The first-order chi connectivity index (χ1) is 13.9. The highest BCUT2D eigenvalue weighted by atomic mass is 32.1. The summed E-state index contributed by atoms with van der Waals surface area (Å²) >= 11 is 1.31. The number of thiazole rings is 1. The van der Waals surface area contributed by atoms with Gasteiger partial charge in [-0.25, -0.2) is 9.78 Å². The van der Waals surface area contributed by atoms with Gasteiger partial charge in [0.2, 0.25) is 5.91 Å². The summed E-state index contributed by atoms with van der Waals surface area (Å²) in [6, 6.07) is 5.10. The first-order valence-electron chi connectivity index (χ1n) is 9.71. The molecule has 8 nitrogen and oxygen atoms in total. The van der Waals surface area contributed by atoms with Gasteiger partial charge in [0.05, 0.1) is 16.3 Å². The molecule has 2 aromatic rings. The third-order valence-corrected chi connectivity index (χ3v) is 6.71. The fraction of sp³-hybridized carbons (Fsp3) is 0.450. The first-order valence-corrected chi connectivity index (χ1v) is 10.5. The van der Waals surface area contributed by atoms with Gasteiger partial charge in [-0.05, 0) is 50.7 Å². The Labute approximate surface area is 172 Å². The molecule has 2 N–H and O–H groups in total. The predicted octanol–water partition coefficient (Wildman–Crippen LogP) is 2.95. The molecule has 3 heterocycles. The van der Waals surface area contributed by atoms with E-state index >= 15 is 0 Å². The van der Waals surface area contributed by atoms with Gasteiger partial charge >= 0.3 is 6.03 Å². The lowest BCUT2D eigenvalue weighted by atomic mass is 9.77. The van der Waals surface area contributed by atoms with Crippen LogP contribution in [0.25, 0.3) is 10.6 Å². The van der Waals surface area contributed by atoms with E-state index in [1.807, 2.05) is 25.1 Å². The van der Waals surface area contributed by atoms with Gasteiger partial charge in [-0.15, -0.1) is 0 Å². The van der Waals surface area contributed by atoms with E-state index in [0.29, 0.717) is 23.9 Å². The average Bonchev–Trinajstić information content (AvgIpc) is 3.17. The summed E-state index contributed by atoms with van der Waals surface area (Å²) in [7, 11) is 0. The van der Waals surface area contributed by atoms with Crippen molar-refractivity contribution in [3.8, 4) is 10.6 Å². The minimum atomic E-state index is -0.839. The van der Waals surface area contributed by atoms with Crippen molar-refractivity contribution in [3.63, 3.8) is 0 Å². The standard InChI is InChI=1S/C20H23N5O3S/c1-12-6-8-20(9-7-12)17(27)25(19(28)24-20)11-15(26)23-18-22-13(2)16(29-18)14-5-3-4-10-21-14/h3-5,10,12H,6-9,11H2,1-2H3,(H,24,28)(H,22,23,26). The normalized spacial score (nSPS) is 24.1. The Bertz CT molecular complexity index is 950. The van der Waals surface area contributed by atoms with Crippen LogP contribution in [0.2, 0.25) is 0 Å². The summed E-state index contributed by atoms with van der Waals surface area (Å²) in [6.07, 6.45) is 4.72. The van der Waals surface area contributed by atoms with E-state index in [4.69, 9.17) is 0 Å². The molecule has 0 atom stereocenters. The quantitative estimate of drug-likeness (QED) is 0.750. The number of carbonyl (C=O) groups is 3. The number of aromatic nitrogens is 2. The van der Waals surface area contributed by atoms with E-state index in [-0.39, 0.29) is 12.5 Å². The molecule has 0 unspecified atom stereocenters. The van der Waals surface area contributed by atoms with Crippen molar-refractivity contribution in [1.29, 1.82) is 0 Å². The van der Waals surface area contributed by atoms with Crippen LogP contribution >= 0.6 is 11.3 Å². The Morgan fingerprint density at radius 2 is 2.10 bits per heavy atom. The molecular formula is C20H23N5O3S. The Balaban J connectivity index is 1.43. The van der Waals surface area contributed by atoms with E-state index in [2.05, 4.69) is 27.5 Å². The number of amides is 4. The molecule has 1 aliphatic heterocycles. The Morgan fingerprint density at radius 1 is 1.34 bits per heavy atom. The number of urea groups is 1. The van der Waals surface area contributed by atoms with E-state index in [0.717, 1.165) is 34.0 Å². The largest absolute Gasteiger partial charge is 0.325 e. The Kier molecular flexibility index (Phi) is 5.08. The van der Waals surface area contributed by atoms with Gasteiger partial charge in [0.25, 0.3) is 5.91 Å². The monoisotopic (exact) mass is 413 g/mol. The number of aryl methyl sites for hydroxylation is 1. The molecule has 2 aromatic heterocycles. The minimum absolute atomic E-state index is 0.297. The summed E-state index contributed by atoms with van der Waals surface area (Å²) in [5, 5.41) is 5.95. The fourth-order valence-corrected chi connectivity index (χ4v) is 4.86. The Hall–Kier alpha value is -2.81. The number of nitrogens with zero attached hydrogens (tertiary/aromatic N) is 3. The van der Waals surface area contributed by atoms with Crippen molar-refractivity contribution < 1.29 is 14.4 Å². The van der Waals surface area contributed by atoms with Crippen LogP contribution in [0.4, 0.5) is 9.93 Å². The number of pyridine rings is 1. The van der Waals surface area contributed by atoms with Crippen molar-refractivity contribution in [1.82, 2.24) is 20.2 Å². The highest BCUT2D eigenvalue weighted by Crippen LogP contribution is 2.36. The van der Waals surface area contributed by atoms with Crippen LogP contribution in [-0.4, -0.2) is 44.8 Å². The maximum Gasteiger partial charge on any atom is 0.325 e. The van der Waals surface area contributed by atoms with Crippen molar-refractivity contribution in [2.24, 2.45) is 5.92 Å². The summed E-state index contributed by atoms with van der Waals surface area (Å²) in [5.41, 5.74) is 0.702. The summed E-state index contributed by atoms with van der Waals surface area (Å²) in [6.45, 7) is 3.68. The van der Waals surface area contributed by atoms with Crippen LogP contribution in [0, 0.1) is 12.8 Å². The molecule has 2 fully saturated rings. The van der Waals surface area contributed by atoms with Gasteiger partial charge in [0, 0.05) is 6.20 Å². The van der Waals surface area contributed by atoms with Crippen LogP contribution in [0.5, 0.6) is 0 Å². The molecular weight excluding hydrogens is 390 g/mol. The summed E-state index contributed by atoms with van der Waals surface area (Å²) in [5.74, 6) is -0.200. The van der Waals surface area contributed by atoms with Crippen molar-refractivity contribution >= 4 is 34.3 Å². The second-order valence-electron chi connectivity index (χ2n) is 7.78. The summed E-state index contributed by atoms with van der Waals surface area (Å²) in [4.78, 5) is 48.3. The fourth-order valence-electron chi connectivity index (χ4n) is 3.90. The molecule has 2 aliphatic rings. The van der Waals surface area contributed by atoms with E-state index in [1.54, 1.807) is 6.20 Å². The lowest BCUT2D eigenvalue weighted by Gasteiger charge is -2.33. The molecule has 4 amide bonds. The van der Waals surface area contributed by atoms with Crippen molar-refractivity contribution in [2.45, 2.75) is 45.1 Å². The van der Waals surface area contributed by atoms with Gasteiger partial charge in [0.1, 0.15) is 12.1 Å². The van der Waals surface area contributed by atoms with Crippen LogP contribution in [0.3, 0.4) is 0 Å². The van der Waals surface area contributed by atoms with Crippen LogP contribution in [0.15, 0.2) is 24.4 Å². The van der Waals surface area contributed by atoms with E-state index < -0.39 is 17.5 Å². The molecule has 1 saturated heterocycles. The number of hydrogen-bond acceptors (Lipinski definition) is 6. The van der Waals surface area contributed by atoms with Crippen molar-refractivity contribution in [3.05, 3.63) is 30.1 Å². The number of imide groups is 1. The molecule has 9 heteroatoms. The molecule has 152 valence electrons. The minimum Gasteiger partial charge on any atom is -0.323 e. The summed E-state index contributed by atoms with van der Waals surface area (Å²) < 4.78 is 0. The number of nitrogens with one attached hydrogen (secondary N) is 2. The highest BCUT2D eigenvalue weighted by molar-refractivity contribution is 7.19. The third-order valence-electron chi connectivity index (χ3n) is 5.62. The van der Waals surface area contributed by atoms with E-state index in [1.165, 1.54) is 11.3 Å². The molecule has 1 aliphatic carbocycles. The van der Waals surface area contributed by atoms with Crippen LogP contribution < -0.4 is 10.6 Å². The maximum atomic E-state index is 12.9. The number of carbonyl (C=O) groups excluding carboxylic acids is 3. The molecule has 0 radical (unpaired) electrons. The van der Waals surface area contributed by atoms with Gasteiger partial charge in [0.15, 0.2) is 5.13 Å². The molecule has 29 heavy (non-hydrogen) atoms. The van der Waals surface area contributed by atoms with Crippen LogP contribution in [0.1, 0.15) is 38.3 Å². The SMILES string of the molecule is Cc1nc(NC(=O)CN2C(=O)NC3(CCC(C)CC3)C2=O)sc1-c1ccccn1. The smallest absolute Gasteiger partial charge is 0.323 e. The molecule has 4 rings (SSSR count). The predicted molar refractivity (Wildman–Crippen MR) is 109 cm³/mol. The zero-order chi connectivity index (χ0) is 20.6. The first kappa shape index (κ1) is 19.5. The molecule has 0 bridgehead atoms. The number of hydrogen-bond donors (Lipinski definition) is 2. The zero-order valence-corrected chi connectivity index (χ0v) is 17.2. The highest BCUT2D eigenvalue weighted by Gasteiger charge is 2.52. The maximum absolute atomic E-state index is 12.9. The number of rotatable bonds is 4. The Morgan fingerprint density at radius 3 is 2.79 bits per heavy atom. The van der Waals surface area contributed by atoms with Gasteiger partial charge in [-0.1, -0.05) is 24.3 Å².